The monoisotopic (exact) mass is 806 g/mol. The van der Waals surface area contributed by atoms with Crippen LogP contribution in [0.5, 0.6) is 5.75 Å². The molecular weight excluding hydrogens is 766 g/mol. The molecule has 0 saturated heterocycles. The Labute approximate surface area is 323 Å². The molecule has 0 fully saturated rings. The molecule has 0 aliphatic carbocycles. The van der Waals surface area contributed by atoms with Crippen LogP contribution in [-0.2, 0) is 13.1 Å². The van der Waals surface area contributed by atoms with Crippen molar-refractivity contribution in [2.45, 2.75) is 40.8 Å². The Kier molecular flexibility index (Phi) is 10.9. The second-order valence-electron chi connectivity index (χ2n) is 12.2. The zero-order valence-electron chi connectivity index (χ0n) is 30.0. The topological polar surface area (TPSA) is 75.7 Å². The minimum atomic E-state index is -1.03. The van der Waals surface area contributed by atoms with Gasteiger partial charge in [0, 0.05) is 0 Å². The van der Waals surface area contributed by atoms with Gasteiger partial charge in [0.25, 0.3) is 0 Å². The Morgan fingerprint density at radius 3 is 2.17 bits per heavy atom. The number of fused-ring (bicyclic) bond motifs is 1. The van der Waals surface area contributed by atoms with Crippen LogP contribution in [0.3, 0.4) is 0 Å². The van der Waals surface area contributed by atoms with Gasteiger partial charge in [-0.1, -0.05) is 36.4 Å². The molecule has 1 aliphatic rings. The van der Waals surface area contributed by atoms with E-state index >= 15 is 0 Å². The molecule has 7 nitrogen and oxygen atoms in total. The maximum atomic E-state index is 14.6. The van der Waals surface area contributed by atoms with Crippen LogP contribution in [0.4, 0.5) is 5.69 Å². The molecule has 0 amide bonds. The van der Waals surface area contributed by atoms with E-state index in [-0.39, 0.29) is 26.1 Å². The molecule has 0 spiro atoms. The van der Waals surface area contributed by atoms with Gasteiger partial charge in [0.1, 0.15) is 0 Å². The molecule has 7 rings (SSSR count). The van der Waals surface area contributed by atoms with E-state index in [0.717, 1.165) is 60.5 Å². The maximum absolute atomic E-state index is 14.6. The number of anilines is 1. The van der Waals surface area contributed by atoms with Crippen molar-refractivity contribution in [2.75, 3.05) is 18.1 Å². The Hall–Kier alpha value is -4.99. The summed E-state index contributed by atoms with van der Waals surface area (Å²) in [6, 6.07) is 34.1. The van der Waals surface area contributed by atoms with Gasteiger partial charge in [-0.15, -0.1) is 0 Å². The quantitative estimate of drug-likeness (QED) is 0.120. The van der Waals surface area contributed by atoms with Gasteiger partial charge >= 0.3 is 289 Å². The standard InChI is InChI=1S/C43H39N3O4S2Se/c1-5-44-34-25-30(50-8-4)23-24-35(34)53-38(44)26-33(31-21-15-16-22-32(31)43(48)49)41-42(47)46(7-3)37(52-41)27-36-45(6-2)39(28-17-11-9-12-18-28)40(51-36)29-19-13-10-14-20-29/h9-27H,5-8H2,1-4H3/p+1/b38-26-,41-33-. The number of carboxylic acid groups (broad SMARTS) is 1. The number of aromatic nitrogens is 2. The van der Waals surface area contributed by atoms with Crippen LogP contribution >= 0.6 is 22.7 Å². The molecule has 3 heterocycles. The number of allylic oxidation sites excluding steroid dienone is 1. The first-order valence-electron chi connectivity index (χ1n) is 17.8. The van der Waals surface area contributed by atoms with E-state index in [4.69, 9.17) is 4.74 Å². The summed E-state index contributed by atoms with van der Waals surface area (Å²) < 4.78 is 13.6. The Bertz CT molecular complexity index is 2520. The van der Waals surface area contributed by atoms with Gasteiger partial charge in [0.05, 0.1) is 0 Å². The number of nitrogens with zero attached hydrogens (tertiary/aromatic N) is 3. The molecule has 0 atom stereocenters. The first kappa shape index (κ1) is 36.4. The molecule has 0 unspecified atom stereocenters. The van der Waals surface area contributed by atoms with E-state index in [1.165, 1.54) is 15.8 Å². The van der Waals surface area contributed by atoms with Crippen molar-refractivity contribution in [1.29, 1.82) is 0 Å². The summed E-state index contributed by atoms with van der Waals surface area (Å²) in [5.41, 5.74) is 5.67. The molecule has 0 saturated carbocycles. The molecule has 2 aromatic heterocycles. The van der Waals surface area contributed by atoms with E-state index in [9.17, 15) is 14.7 Å². The molecule has 0 radical (unpaired) electrons. The second-order valence-corrected chi connectivity index (χ2v) is 16.5. The van der Waals surface area contributed by atoms with E-state index in [2.05, 4.69) is 96.1 Å². The third kappa shape index (κ3) is 7.08. The molecule has 1 aliphatic heterocycles. The molecule has 0 bridgehead atoms. The second kappa shape index (κ2) is 15.9. The molecular formula is C43H40N3O4S2Se+. The minimum absolute atomic E-state index is 0.0686. The molecule has 268 valence electrons. The molecule has 4 aromatic carbocycles. The number of carboxylic acids is 1. The average Bonchev–Trinajstić information content (AvgIpc) is 3.84. The number of hydrogen-bond donors (Lipinski definition) is 1. The van der Waals surface area contributed by atoms with E-state index in [0.29, 0.717) is 28.8 Å². The fourth-order valence-electron chi connectivity index (χ4n) is 6.70. The van der Waals surface area contributed by atoms with Crippen LogP contribution in [0.15, 0.2) is 119 Å². The van der Waals surface area contributed by atoms with Gasteiger partial charge in [0.2, 0.25) is 0 Å². The van der Waals surface area contributed by atoms with Gasteiger partial charge in [-0.3, -0.25) is 0 Å². The summed E-state index contributed by atoms with van der Waals surface area (Å²) in [6.07, 6.45) is 4.18. The van der Waals surface area contributed by atoms with E-state index < -0.39 is 5.97 Å². The van der Waals surface area contributed by atoms with Crippen LogP contribution in [0, 0.1) is 0 Å². The fourth-order valence-corrected chi connectivity index (χ4v) is 11.7. The van der Waals surface area contributed by atoms with Crippen molar-refractivity contribution in [3.05, 3.63) is 149 Å². The first-order valence-corrected chi connectivity index (χ1v) is 21.1. The molecule has 6 aromatic rings. The van der Waals surface area contributed by atoms with E-state index in [1.807, 2.05) is 48.7 Å². The zero-order chi connectivity index (χ0) is 37.1. The van der Waals surface area contributed by atoms with Crippen molar-refractivity contribution in [3.63, 3.8) is 0 Å². The van der Waals surface area contributed by atoms with Crippen molar-refractivity contribution >= 4 is 65.4 Å². The van der Waals surface area contributed by atoms with Crippen LogP contribution in [-0.4, -0.2) is 43.8 Å². The van der Waals surface area contributed by atoms with Crippen molar-refractivity contribution in [2.24, 2.45) is 0 Å². The molecule has 53 heavy (non-hydrogen) atoms. The van der Waals surface area contributed by atoms with Crippen LogP contribution in [0.1, 0.15) is 48.6 Å². The first-order chi connectivity index (χ1) is 25.9. The third-order valence-corrected chi connectivity index (χ3v) is 13.8. The predicted molar refractivity (Wildman–Crippen MR) is 218 cm³/mol. The zero-order valence-corrected chi connectivity index (χ0v) is 33.4. The van der Waals surface area contributed by atoms with E-state index in [1.54, 1.807) is 23.5 Å². The van der Waals surface area contributed by atoms with Gasteiger partial charge < -0.3 is 0 Å². The number of benzene rings is 4. The van der Waals surface area contributed by atoms with Gasteiger partial charge in [-0.2, -0.15) is 0 Å². The number of carbonyl (C=O) groups is 1. The summed E-state index contributed by atoms with van der Waals surface area (Å²) >= 11 is 3.07. The Morgan fingerprint density at radius 2 is 1.53 bits per heavy atom. The van der Waals surface area contributed by atoms with Crippen molar-refractivity contribution < 1.29 is 19.2 Å². The van der Waals surface area contributed by atoms with Gasteiger partial charge in [-0.05, 0) is 0 Å². The normalized spacial score (nSPS) is 14.2. The van der Waals surface area contributed by atoms with Gasteiger partial charge in [-0.25, -0.2) is 0 Å². The number of hydrogen-bond acceptors (Lipinski definition) is 6. The number of ether oxygens (including phenoxy) is 1. The molecule has 1 N–H and O–H groups in total. The Morgan fingerprint density at radius 1 is 0.849 bits per heavy atom. The summed E-state index contributed by atoms with van der Waals surface area (Å²) in [6.45, 7) is 10.7. The van der Waals surface area contributed by atoms with Crippen molar-refractivity contribution in [1.82, 2.24) is 4.57 Å². The van der Waals surface area contributed by atoms with Crippen LogP contribution < -0.4 is 33.4 Å². The SMILES string of the molecule is CCOc1ccc2c(c1)N(CC)/C(=C/C(c1ccccc1C(=O)O)=c1/sc(=Cc3sc(-c4ccccc4)c(-c4ccccc4)[n+]3CC)n(CC)c1=O)[Se]2. The summed E-state index contributed by atoms with van der Waals surface area (Å²) in [5, 5.41) is 11.4. The number of aromatic carboxylic acids is 1. The summed E-state index contributed by atoms with van der Waals surface area (Å²) in [5.74, 6) is -0.218. The Balaban J connectivity index is 1.50. The van der Waals surface area contributed by atoms with Crippen molar-refractivity contribution in [3.8, 4) is 27.4 Å². The van der Waals surface area contributed by atoms with Crippen LogP contribution in [0.25, 0.3) is 33.3 Å². The van der Waals surface area contributed by atoms with Gasteiger partial charge in [0.15, 0.2) is 0 Å². The predicted octanol–water partition coefficient (Wildman–Crippen LogP) is 6.47. The average molecular weight is 806 g/mol. The number of thiazole rings is 2. The fraction of sp³-hybridized carbons (Fsp3) is 0.186. The third-order valence-electron chi connectivity index (χ3n) is 9.12. The number of rotatable bonds is 11. The van der Waals surface area contributed by atoms with Crippen LogP contribution in [0.2, 0.25) is 0 Å². The summed E-state index contributed by atoms with van der Waals surface area (Å²) in [7, 11) is 0. The summed E-state index contributed by atoms with van der Waals surface area (Å²) in [4.78, 5) is 30.6. The molecule has 10 heteroatoms.